The fraction of sp³-hybridized carbons (Fsp3) is 0.294. The molecule has 1 aromatic carbocycles. The number of nitrogens with two attached hydrogens (primary N) is 1. The minimum absolute atomic E-state index is 0.0224. The van der Waals surface area contributed by atoms with Crippen LogP contribution in [0, 0.1) is 0 Å². The van der Waals surface area contributed by atoms with Gasteiger partial charge in [0, 0.05) is 31.3 Å². The highest BCUT2D eigenvalue weighted by molar-refractivity contribution is 7.97. The van der Waals surface area contributed by atoms with Crippen LogP contribution in [0.3, 0.4) is 0 Å². The first-order valence-corrected chi connectivity index (χ1v) is 9.66. The van der Waals surface area contributed by atoms with Gasteiger partial charge in [0.15, 0.2) is 0 Å². The predicted molar refractivity (Wildman–Crippen MR) is 105 cm³/mol. The summed E-state index contributed by atoms with van der Waals surface area (Å²) >= 11 is 13.2. The SMILES string of the molecule is NSc1cc(NC(=O)C2CC(F)(F)CCN2c2cccc(Cl)c2Cl)ccn1. The van der Waals surface area contributed by atoms with Gasteiger partial charge in [-0.2, -0.15) is 0 Å². The second kappa shape index (κ2) is 8.18. The van der Waals surface area contributed by atoms with E-state index < -0.39 is 24.3 Å². The topological polar surface area (TPSA) is 71.2 Å². The molecule has 0 saturated carbocycles. The lowest BCUT2D eigenvalue weighted by atomic mass is 9.96. The summed E-state index contributed by atoms with van der Waals surface area (Å²) in [6.07, 6.45) is 0.486. The molecule has 1 aliphatic heterocycles. The average molecular weight is 433 g/mol. The summed E-state index contributed by atoms with van der Waals surface area (Å²) in [6.45, 7) is -0.0224. The quantitative estimate of drug-likeness (QED) is 0.690. The maximum atomic E-state index is 14.0. The van der Waals surface area contributed by atoms with E-state index in [9.17, 15) is 13.6 Å². The van der Waals surface area contributed by atoms with E-state index in [4.69, 9.17) is 28.3 Å². The van der Waals surface area contributed by atoms with Gasteiger partial charge in [0.25, 0.3) is 5.92 Å². The summed E-state index contributed by atoms with van der Waals surface area (Å²) in [5.41, 5.74) is 0.877. The van der Waals surface area contributed by atoms with E-state index in [1.807, 2.05) is 0 Å². The molecular weight excluding hydrogens is 417 g/mol. The Kier molecular flexibility index (Phi) is 6.10. The standard InChI is InChI=1S/C17H16Cl2F2N4OS/c18-11-2-1-3-12(15(11)19)25-7-5-17(20,21)9-13(25)16(26)24-10-4-6-23-14(8-10)27-22/h1-4,6,8,13H,5,7,9,22H2,(H,23,24,26). The lowest BCUT2D eigenvalue weighted by Crippen LogP contribution is -2.53. The van der Waals surface area contributed by atoms with Gasteiger partial charge < -0.3 is 10.2 Å². The fourth-order valence-corrected chi connectivity index (χ4v) is 3.67. The molecule has 1 saturated heterocycles. The number of carbonyl (C=O) groups is 1. The highest BCUT2D eigenvalue weighted by atomic mass is 35.5. The largest absolute Gasteiger partial charge is 0.358 e. The molecule has 0 spiro atoms. The molecule has 1 amide bonds. The van der Waals surface area contributed by atoms with E-state index in [0.29, 0.717) is 21.4 Å². The number of nitrogens with one attached hydrogen (secondary N) is 1. The van der Waals surface area contributed by atoms with Gasteiger partial charge in [0.05, 0.1) is 15.7 Å². The molecule has 2 aromatic rings. The molecule has 1 fully saturated rings. The van der Waals surface area contributed by atoms with Crippen molar-refractivity contribution in [1.82, 2.24) is 4.98 Å². The molecule has 10 heteroatoms. The Morgan fingerprint density at radius 1 is 1.37 bits per heavy atom. The number of carbonyl (C=O) groups excluding carboxylic acids is 1. The Hall–Kier alpha value is -1.61. The Balaban J connectivity index is 1.89. The molecule has 1 aliphatic rings. The highest BCUT2D eigenvalue weighted by Crippen LogP contribution is 2.39. The van der Waals surface area contributed by atoms with Crippen LogP contribution in [0.5, 0.6) is 0 Å². The number of aromatic nitrogens is 1. The molecular formula is C17H16Cl2F2N4OS. The fourth-order valence-electron chi connectivity index (χ4n) is 2.95. The summed E-state index contributed by atoms with van der Waals surface area (Å²) in [7, 11) is 0. The van der Waals surface area contributed by atoms with Gasteiger partial charge in [0.1, 0.15) is 11.1 Å². The molecule has 3 rings (SSSR count). The van der Waals surface area contributed by atoms with Crippen molar-refractivity contribution < 1.29 is 13.6 Å². The number of piperidine rings is 1. The van der Waals surface area contributed by atoms with Crippen molar-refractivity contribution >= 4 is 52.4 Å². The number of alkyl halides is 2. The van der Waals surface area contributed by atoms with Gasteiger partial charge in [-0.25, -0.2) is 13.8 Å². The molecule has 1 unspecified atom stereocenters. The number of nitrogens with zero attached hydrogens (tertiary/aromatic N) is 2. The highest BCUT2D eigenvalue weighted by Gasteiger charge is 2.44. The minimum atomic E-state index is -2.94. The van der Waals surface area contributed by atoms with Crippen molar-refractivity contribution in [3.63, 3.8) is 0 Å². The van der Waals surface area contributed by atoms with Crippen molar-refractivity contribution in [2.75, 3.05) is 16.8 Å². The molecule has 0 aliphatic carbocycles. The molecule has 5 nitrogen and oxygen atoms in total. The Morgan fingerprint density at radius 2 is 2.15 bits per heavy atom. The number of hydrogen-bond acceptors (Lipinski definition) is 5. The van der Waals surface area contributed by atoms with Crippen LogP contribution in [-0.4, -0.2) is 29.4 Å². The summed E-state index contributed by atoms with van der Waals surface area (Å²) in [4.78, 5) is 18.4. The van der Waals surface area contributed by atoms with Crippen LogP contribution in [0.25, 0.3) is 0 Å². The first kappa shape index (κ1) is 20.1. The summed E-state index contributed by atoms with van der Waals surface area (Å²) in [5.74, 6) is -3.51. The number of hydrogen-bond donors (Lipinski definition) is 2. The number of pyridine rings is 1. The second-order valence-corrected chi connectivity index (χ2v) is 7.52. The Bertz CT molecular complexity index is 855. The summed E-state index contributed by atoms with van der Waals surface area (Å²) in [5, 5.41) is 9.14. The molecule has 27 heavy (non-hydrogen) atoms. The smallest absolute Gasteiger partial charge is 0.252 e. The van der Waals surface area contributed by atoms with Gasteiger partial charge in [-0.15, -0.1) is 0 Å². The predicted octanol–water partition coefficient (Wildman–Crippen LogP) is 4.60. The van der Waals surface area contributed by atoms with Crippen LogP contribution < -0.4 is 15.4 Å². The van der Waals surface area contributed by atoms with Crippen LogP contribution in [0.1, 0.15) is 12.8 Å². The van der Waals surface area contributed by atoms with Gasteiger partial charge in [-0.05, 0) is 36.2 Å². The number of benzene rings is 1. The minimum Gasteiger partial charge on any atom is -0.358 e. The third kappa shape index (κ3) is 4.63. The lowest BCUT2D eigenvalue weighted by molar-refractivity contribution is -0.121. The van der Waals surface area contributed by atoms with Crippen LogP contribution in [0.4, 0.5) is 20.2 Å². The molecule has 1 atom stereocenters. The van der Waals surface area contributed by atoms with E-state index >= 15 is 0 Å². The average Bonchev–Trinajstić information content (AvgIpc) is 2.64. The van der Waals surface area contributed by atoms with Crippen molar-refractivity contribution in [2.24, 2.45) is 5.14 Å². The first-order chi connectivity index (χ1) is 12.8. The van der Waals surface area contributed by atoms with E-state index in [-0.39, 0.29) is 18.0 Å². The zero-order valence-electron chi connectivity index (χ0n) is 14.0. The summed E-state index contributed by atoms with van der Waals surface area (Å²) in [6, 6.07) is 6.96. The first-order valence-electron chi connectivity index (χ1n) is 8.03. The monoisotopic (exact) mass is 432 g/mol. The number of rotatable bonds is 4. The number of amides is 1. The van der Waals surface area contributed by atoms with Gasteiger partial charge in [0.2, 0.25) is 5.91 Å². The normalized spacial score (nSPS) is 19.0. The molecule has 0 radical (unpaired) electrons. The van der Waals surface area contributed by atoms with E-state index in [0.717, 1.165) is 11.9 Å². The van der Waals surface area contributed by atoms with E-state index in [1.165, 1.54) is 6.20 Å². The second-order valence-electron chi connectivity index (χ2n) is 6.08. The van der Waals surface area contributed by atoms with Gasteiger partial charge >= 0.3 is 0 Å². The zero-order chi connectivity index (χ0) is 19.6. The zero-order valence-corrected chi connectivity index (χ0v) is 16.3. The molecule has 3 N–H and O–H groups in total. The maximum absolute atomic E-state index is 14.0. The Morgan fingerprint density at radius 3 is 2.89 bits per heavy atom. The molecule has 2 heterocycles. The van der Waals surface area contributed by atoms with Crippen LogP contribution in [0.2, 0.25) is 10.0 Å². The summed E-state index contributed by atoms with van der Waals surface area (Å²) < 4.78 is 28.1. The number of halogens is 4. The van der Waals surface area contributed by atoms with Crippen molar-refractivity contribution in [3.05, 3.63) is 46.6 Å². The van der Waals surface area contributed by atoms with E-state index in [1.54, 1.807) is 35.2 Å². The van der Waals surface area contributed by atoms with Crippen molar-refractivity contribution in [1.29, 1.82) is 0 Å². The lowest BCUT2D eigenvalue weighted by Gasteiger charge is -2.40. The number of anilines is 2. The van der Waals surface area contributed by atoms with Crippen molar-refractivity contribution in [3.8, 4) is 0 Å². The van der Waals surface area contributed by atoms with Gasteiger partial charge in [-0.3, -0.25) is 9.93 Å². The van der Waals surface area contributed by atoms with Crippen LogP contribution >= 0.6 is 35.1 Å². The maximum Gasteiger partial charge on any atom is 0.252 e. The molecule has 0 bridgehead atoms. The van der Waals surface area contributed by atoms with Gasteiger partial charge in [-0.1, -0.05) is 29.3 Å². The third-order valence-corrected chi connectivity index (χ3v) is 5.53. The molecule has 1 aromatic heterocycles. The Labute approximate surface area is 169 Å². The van der Waals surface area contributed by atoms with E-state index in [2.05, 4.69) is 10.3 Å². The molecule has 144 valence electrons. The van der Waals surface area contributed by atoms with Crippen LogP contribution in [-0.2, 0) is 4.79 Å². The van der Waals surface area contributed by atoms with Crippen molar-refractivity contribution in [2.45, 2.75) is 29.8 Å². The third-order valence-electron chi connectivity index (χ3n) is 4.25. The van der Waals surface area contributed by atoms with Crippen LogP contribution in [0.15, 0.2) is 41.6 Å².